The molecule has 8 heteroatoms. The third-order valence-corrected chi connectivity index (χ3v) is 3.97. The third kappa shape index (κ3) is 3.49. The molecule has 1 N–H and O–H groups in total. The SMILES string of the molecule is C[C@@H](Sc1nncn1C)C(=O)Nc1ccc(F)cc1Cl. The molecule has 0 saturated carbocycles. The number of aromatic nitrogens is 3. The molecule has 106 valence electrons. The fraction of sp³-hybridized carbons (Fsp3) is 0.250. The van der Waals surface area contributed by atoms with Crippen LogP contribution >= 0.6 is 23.4 Å². The summed E-state index contributed by atoms with van der Waals surface area (Å²) in [5.74, 6) is -0.694. The lowest BCUT2D eigenvalue weighted by Crippen LogP contribution is -2.23. The predicted octanol–water partition coefficient (Wildman–Crippen LogP) is 2.73. The molecule has 2 aromatic rings. The zero-order valence-corrected chi connectivity index (χ0v) is 12.4. The summed E-state index contributed by atoms with van der Waals surface area (Å²) in [6.45, 7) is 1.74. The molecule has 0 aliphatic rings. The number of carbonyl (C=O) groups excluding carboxylic acids is 1. The van der Waals surface area contributed by atoms with E-state index in [1.54, 1.807) is 24.9 Å². The van der Waals surface area contributed by atoms with Gasteiger partial charge in [0.2, 0.25) is 5.91 Å². The number of aryl methyl sites for hydroxylation is 1. The lowest BCUT2D eigenvalue weighted by Gasteiger charge is -2.12. The van der Waals surface area contributed by atoms with Crippen LogP contribution in [0.1, 0.15) is 6.92 Å². The van der Waals surface area contributed by atoms with Crippen molar-refractivity contribution in [3.8, 4) is 0 Å². The van der Waals surface area contributed by atoms with Gasteiger partial charge in [0.05, 0.1) is 16.0 Å². The van der Waals surface area contributed by atoms with E-state index in [4.69, 9.17) is 11.6 Å². The topological polar surface area (TPSA) is 59.8 Å². The van der Waals surface area contributed by atoms with Gasteiger partial charge >= 0.3 is 0 Å². The fourth-order valence-electron chi connectivity index (χ4n) is 1.42. The maximum absolute atomic E-state index is 12.9. The Morgan fingerprint density at radius 1 is 1.55 bits per heavy atom. The van der Waals surface area contributed by atoms with Gasteiger partial charge in [-0.1, -0.05) is 23.4 Å². The van der Waals surface area contributed by atoms with Gasteiger partial charge in [0.1, 0.15) is 12.1 Å². The highest BCUT2D eigenvalue weighted by Gasteiger charge is 2.18. The van der Waals surface area contributed by atoms with Gasteiger partial charge in [-0.2, -0.15) is 0 Å². The zero-order valence-electron chi connectivity index (χ0n) is 10.8. The van der Waals surface area contributed by atoms with E-state index in [9.17, 15) is 9.18 Å². The first-order valence-corrected chi connectivity index (χ1v) is 6.99. The number of carbonyl (C=O) groups is 1. The molecule has 0 spiro atoms. The molecule has 0 radical (unpaired) electrons. The number of amides is 1. The number of halogens is 2. The highest BCUT2D eigenvalue weighted by atomic mass is 35.5. The minimum absolute atomic E-state index is 0.161. The second-order valence-electron chi connectivity index (χ2n) is 4.10. The Bertz CT molecular complexity index is 634. The second kappa shape index (κ2) is 6.23. The number of anilines is 1. The van der Waals surface area contributed by atoms with Crippen LogP contribution in [0.2, 0.25) is 5.02 Å². The van der Waals surface area contributed by atoms with Crippen LogP contribution in [-0.2, 0) is 11.8 Å². The quantitative estimate of drug-likeness (QED) is 0.882. The van der Waals surface area contributed by atoms with Gasteiger partial charge in [0.15, 0.2) is 5.16 Å². The Morgan fingerprint density at radius 2 is 2.30 bits per heavy atom. The molecule has 1 heterocycles. The fourth-order valence-corrected chi connectivity index (χ4v) is 2.42. The van der Waals surface area contributed by atoms with Crippen molar-refractivity contribution in [1.29, 1.82) is 0 Å². The normalized spacial score (nSPS) is 12.2. The van der Waals surface area contributed by atoms with E-state index < -0.39 is 5.82 Å². The van der Waals surface area contributed by atoms with E-state index >= 15 is 0 Å². The van der Waals surface area contributed by atoms with Crippen molar-refractivity contribution in [1.82, 2.24) is 14.8 Å². The van der Waals surface area contributed by atoms with Gasteiger partial charge in [-0.3, -0.25) is 4.79 Å². The number of hydrogen-bond donors (Lipinski definition) is 1. The molecule has 20 heavy (non-hydrogen) atoms. The molecule has 5 nitrogen and oxygen atoms in total. The molecule has 1 atom stereocenters. The maximum atomic E-state index is 12.9. The lowest BCUT2D eigenvalue weighted by atomic mass is 10.3. The number of thioether (sulfide) groups is 1. The van der Waals surface area contributed by atoms with Crippen molar-refractivity contribution >= 4 is 35.0 Å². The summed E-state index contributed by atoms with van der Waals surface area (Å²) < 4.78 is 14.6. The standard InChI is InChI=1S/C12H12ClFN4OS/c1-7(20-12-17-15-6-18(12)2)11(19)16-10-4-3-8(14)5-9(10)13/h3-7H,1-2H3,(H,16,19)/t7-/m1/s1. The smallest absolute Gasteiger partial charge is 0.237 e. The number of benzene rings is 1. The van der Waals surface area contributed by atoms with Crippen molar-refractivity contribution in [3.63, 3.8) is 0 Å². The van der Waals surface area contributed by atoms with Crippen LogP contribution < -0.4 is 5.32 Å². The largest absolute Gasteiger partial charge is 0.324 e. The summed E-state index contributed by atoms with van der Waals surface area (Å²) in [5.41, 5.74) is 0.378. The zero-order chi connectivity index (χ0) is 14.7. The van der Waals surface area contributed by atoms with Crippen LogP contribution in [0.3, 0.4) is 0 Å². The summed E-state index contributed by atoms with van der Waals surface area (Å²) >= 11 is 7.13. The van der Waals surface area contributed by atoms with E-state index in [-0.39, 0.29) is 16.2 Å². The molecule has 0 bridgehead atoms. The van der Waals surface area contributed by atoms with Crippen LogP contribution in [0.15, 0.2) is 29.7 Å². The van der Waals surface area contributed by atoms with Crippen LogP contribution in [0.25, 0.3) is 0 Å². The van der Waals surface area contributed by atoms with Gasteiger partial charge in [-0.25, -0.2) is 4.39 Å². The van der Waals surface area contributed by atoms with E-state index in [1.807, 2.05) is 0 Å². The first-order valence-electron chi connectivity index (χ1n) is 5.74. The second-order valence-corrected chi connectivity index (χ2v) is 5.81. The van der Waals surface area contributed by atoms with Crippen LogP contribution in [0.5, 0.6) is 0 Å². The van der Waals surface area contributed by atoms with Crippen molar-refractivity contribution in [3.05, 3.63) is 35.4 Å². The molecule has 0 aliphatic heterocycles. The average Bonchev–Trinajstić information content (AvgIpc) is 2.78. The Kier molecular flexibility index (Phi) is 4.61. The molecular formula is C12H12ClFN4OS. The third-order valence-electron chi connectivity index (χ3n) is 2.51. The van der Waals surface area contributed by atoms with E-state index in [2.05, 4.69) is 15.5 Å². The number of nitrogens with one attached hydrogen (secondary N) is 1. The predicted molar refractivity (Wildman–Crippen MR) is 76.4 cm³/mol. The van der Waals surface area contributed by atoms with Gasteiger partial charge in [-0.15, -0.1) is 10.2 Å². The molecule has 1 aromatic heterocycles. The Morgan fingerprint density at radius 3 is 2.90 bits per heavy atom. The Labute approximate surface area is 124 Å². The molecule has 0 aliphatic carbocycles. The number of nitrogens with zero attached hydrogens (tertiary/aromatic N) is 3. The summed E-state index contributed by atoms with van der Waals surface area (Å²) in [7, 11) is 1.80. The minimum Gasteiger partial charge on any atom is -0.324 e. The molecule has 0 unspecified atom stereocenters. The van der Waals surface area contributed by atoms with E-state index in [1.165, 1.54) is 23.9 Å². The van der Waals surface area contributed by atoms with Gasteiger partial charge < -0.3 is 9.88 Å². The lowest BCUT2D eigenvalue weighted by molar-refractivity contribution is -0.115. The van der Waals surface area contributed by atoms with Crippen LogP contribution in [-0.4, -0.2) is 25.9 Å². The summed E-state index contributed by atoms with van der Waals surface area (Å²) in [6, 6.07) is 3.81. The number of hydrogen-bond acceptors (Lipinski definition) is 4. The molecule has 1 amide bonds. The van der Waals surface area contributed by atoms with Crippen molar-refractivity contribution < 1.29 is 9.18 Å². The van der Waals surface area contributed by atoms with E-state index in [0.717, 1.165) is 6.07 Å². The molecule has 1 aromatic carbocycles. The van der Waals surface area contributed by atoms with Crippen molar-refractivity contribution in [2.24, 2.45) is 7.05 Å². The molecule has 0 fully saturated rings. The monoisotopic (exact) mass is 314 g/mol. The Balaban J connectivity index is 2.02. The van der Waals surface area contributed by atoms with Crippen LogP contribution in [0, 0.1) is 5.82 Å². The van der Waals surface area contributed by atoms with Gasteiger partial charge in [-0.05, 0) is 25.1 Å². The number of rotatable bonds is 4. The Hall–Kier alpha value is -1.60. The molecule has 0 saturated heterocycles. The van der Waals surface area contributed by atoms with Crippen molar-refractivity contribution in [2.75, 3.05) is 5.32 Å². The summed E-state index contributed by atoms with van der Waals surface area (Å²) in [6.07, 6.45) is 1.56. The molecular weight excluding hydrogens is 303 g/mol. The molecule has 2 rings (SSSR count). The first-order chi connectivity index (χ1) is 9.47. The highest BCUT2D eigenvalue weighted by Crippen LogP contribution is 2.25. The maximum Gasteiger partial charge on any atom is 0.237 e. The van der Waals surface area contributed by atoms with E-state index in [0.29, 0.717) is 10.8 Å². The van der Waals surface area contributed by atoms with Crippen molar-refractivity contribution in [2.45, 2.75) is 17.3 Å². The summed E-state index contributed by atoms with van der Waals surface area (Å²) in [5, 5.41) is 10.7. The van der Waals surface area contributed by atoms with Crippen LogP contribution in [0.4, 0.5) is 10.1 Å². The highest BCUT2D eigenvalue weighted by molar-refractivity contribution is 8.00. The van der Waals surface area contributed by atoms with Gasteiger partial charge in [0.25, 0.3) is 0 Å². The van der Waals surface area contributed by atoms with Gasteiger partial charge in [0, 0.05) is 7.05 Å². The average molecular weight is 315 g/mol. The minimum atomic E-state index is -0.450. The first kappa shape index (κ1) is 14.8. The summed E-state index contributed by atoms with van der Waals surface area (Å²) in [4.78, 5) is 12.0.